The van der Waals surface area contributed by atoms with Gasteiger partial charge in [-0.3, -0.25) is 4.79 Å². The molecule has 6 heteroatoms. The summed E-state index contributed by atoms with van der Waals surface area (Å²) in [5.41, 5.74) is -0.0305. The molecule has 0 bridgehead atoms. The second-order valence-corrected chi connectivity index (χ2v) is 3.86. The van der Waals surface area contributed by atoms with Gasteiger partial charge in [0.15, 0.2) is 16.8 Å². The van der Waals surface area contributed by atoms with Gasteiger partial charge in [-0.2, -0.15) is 0 Å². The molecule has 2 N–H and O–H groups in total. The van der Waals surface area contributed by atoms with Gasteiger partial charge in [-0.1, -0.05) is 12.0 Å². The van der Waals surface area contributed by atoms with Gasteiger partial charge >= 0.3 is 6.09 Å². The molecule has 0 atom stereocenters. The summed E-state index contributed by atoms with van der Waals surface area (Å²) in [5.74, 6) is 2.86. The Morgan fingerprint density at radius 1 is 1.50 bits per heavy atom. The van der Waals surface area contributed by atoms with E-state index < -0.39 is 6.09 Å². The smallest absolute Gasteiger partial charge is 0.405 e. The molecule has 0 aliphatic carbocycles. The van der Waals surface area contributed by atoms with E-state index >= 15 is 0 Å². The number of ether oxygens (including phenoxy) is 1. The molecule has 1 heterocycles. The number of rotatable bonds is 4. The number of hydrogen-bond acceptors (Lipinski definition) is 4. The molecule has 1 aromatic heterocycles. The molecule has 0 fully saturated rings. The Hall–Kier alpha value is -2.94. The summed E-state index contributed by atoms with van der Waals surface area (Å²) >= 11 is 0. The molecule has 2 aromatic rings. The Labute approximate surface area is 114 Å². The third-order valence-electron chi connectivity index (χ3n) is 2.49. The van der Waals surface area contributed by atoms with Gasteiger partial charge in [0.1, 0.15) is 12.4 Å². The second kappa shape index (κ2) is 5.80. The molecule has 0 radical (unpaired) electrons. The molecule has 2 rings (SSSR count). The molecule has 0 aliphatic rings. The average Bonchev–Trinajstić information content (AvgIpc) is 2.43. The van der Waals surface area contributed by atoms with Gasteiger partial charge in [0.25, 0.3) is 0 Å². The monoisotopic (exact) mass is 273 g/mol. The third-order valence-corrected chi connectivity index (χ3v) is 2.49. The topological polar surface area (TPSA) is 88.8 Å². The fraction of sp³-hybridized carbons (Fsp3) is 0.143. The highest BCUT2D eigenvalue weighted by Crippen LogP contribution is 2.24. The van der Waals surface area contributed by atoms with Crippen molar-refractivity contribution in [2.45, 2.75) is 6.54 Å². The molecule has 1 amide bonds. The minimum absolute atomic E-state index is 0.0421. The number of hydrogen-bond donors (Lipinski definition) is 2. The molecule has 20 heavy (non-hydrogen) atoms. The summed E-state index contributed by atoms with van der Waals surface area (Å²) in [6.07, 6.45) is 3.91. The zero-order chi connectivity index (χ0) is 14.5. The normalized spacial score (nSPS) is 9.95. The van der Waals surface area contributed by atoms with Crippen molar-refractivity contribution in [3.8, 4) is 18.1 Å². The number of fused-ring (bicyclic) bond motifs is 1. The first kappa shape index (κ1) is 13.5. The molecule has 1 aromatic carbocycles. The van der Waals surface area contributed by atoms with Crippen molar-refractivity contribution in [2.24, 2.45) is 0 Å². The van der Waals surface area contributed by atoms with E-state index in [1.54, 1.807) is 18.2 Å². The molecule has 102 valence electrons. The molecule has 6 nitrogen and oxygen atoms in total. The minimum Gasteiger partial charge on any atom is -0.477 e. The first-order valence-electron chi connectivity index (χ1n) is 5.70. The predicted molar refractivity (Wildman–Crippen MR) is 71.7 cm³/mol. The molecular formula is C14H11NO5. The van der Waals surface area contributed by atoms with E-state index in [0.717, 1.165) is 0 Å². The van der Waals surface area contributed by atoms with Crippen LogP contribution in [0.2, 0.25) is 0 Å². The number of terminal acetylenes is 1. The van der Waals surface area contributed by atoms with Crippen LogP contribution in [0.4, 0.5) is 4.79 Å². The van der Waals surface area contributed by atoms with Crippen molar-refractivity contribution in [2.75, 3.05) is 6.61 Å². The lowest BCUT2D eigenvalue weighted by Gasteiger charge is -2.07. The van der Waals surface area contributed by atoms with Crippen LogP contribution in [-0.4, -0.2) is 17.8 Å². The van der Waals surface area contributed by atoms with Crippen molar-refractivity contribution < 1.29 is 19.1 Å². The Kier molecular flexibility index (Phi) is 3.91. The van der Waals surface area contributed by atoms with Gasteiger partial charge in [0, 0.05) is 6.07 Å². The molecular weight excluding hydrogens is 262 g/mol. The van der Waals surface area contributed by atoms with Crippen LogP contribution in [0.25, 0.3) is 11.0 Å². The highest BCUT2D eigenvalue weighted by molar-refractivity contribution is 5.82. The van der Waals surface area contributed by atoms with Crippen LogP contribution in [0.15, 0.2) is 33.5 Å². The molecule has 0 aliphatic heterocycles. The summed E-state index contributed by atoms with van der Waals surface area (Å²) in [4.78, 5) is 22.4. The van der Waals surface area contributed by atoms with Crippen molar-refractivity contribution >= 4 is 17.1 Å². The average molecular weight is 273 g/mol. The Bertz CT molecular complexity index is 741. The first-order valence-corrected chi connectivity index (χ1v) is 5.70. The van der Waals surface area contributed by atoms with Gasteiger partial charge in [-0.25, -0.2) is 4.79 Å². The molecule has 0 saturated heterocycles. The van der Waals surface area contributed by atoms with E-state index in [9.17, 15) is 9.59 Å². The predicted octanol–water partition coefficient (Wildman–Crippen LogP) is 1.57. The number of benzene rings is 1. The lowest BCUT2D eigenvalue weighted by molar-refractivity contribution is 0.193. The minimum atomic E-state index is -1.20. The van der Waals surface area contributed by atoms with Crippen LogP contribution in [-0.2, 0) is 6.54 Å². The summed E-state index contributed by atoms with van der Waals surface area (Å²) in [6.45, 7) is -0.0651. The van der Waals surface area contributed by atoms with Gasteiger partial charge < -0.3 is 19.6 Å². The Morgan fingerprint density at radius 3 is 3.00 bits per heavy atom. The second-order valence-electron chi connectivity index (χ2n) is 3.86. The zero-order valence-electron chi connectivity index (χ0n) is 10.4. The molecule has 0 saturated carbocycles. The largest absolute Gasteiger partial charge is 0.477 e. The van der Waals surface area contributed by atoms with Crippen LogP contribution in [0.1, 0.15) is 5.76 Å². The van der Waals surface area contributed by atoms with Crippen LogP contribution in [0.3, 0.4) is 0 Å². The zero-order valence-corrected chi connectivity index (χ0v) is 10.4. The van der Waals surface area contributed by atoms with Crippen LogP contribution in [0, 0.1) is 12.3 Å². The highest BCUT2D eigenvalue weighted by atomic mass is 16.5. The van der Waals surface area contributed by atoms with Crippen molar-refractivity contribution in [1.82, 2.24) is 5.32 Å². The summed E-state index contributed by atoms with van der Waals surface area (Å²) < 4.78 is 10.8. The van der Waals surface area contributed by atoms with E-state index in [2.05, 4.69) is 11.2 Å². The summed E-state index contributed by atoms with van der Waals surface area (Å²) in [7, 11) is 0. The van der Waals surface area contributed by atoms with E-state index in [0.29, 0.717) is 11.1 Å². The van der Waals surface area contributed by atoms with Gasteiger partial charge in [-0.05, 0) is 12.1 Å². The van der Waals surface area contributed by atoms with Crippen molar-refractivity contribution in [3.63, 3.8) is 0 Å². The summed E-state index contributed by atoms with van der Waals surface area (Å²) in [6, 6.07) is 6.11. The van der Waals surface area contributed by atoms with Gasteiger partial charge in [0.2, 0.25) is 0 Å². The number of carbonyl (C=O) groups is 1. The fourth-order valence-electron chi connectivity index (χ4n) is 1.68. The lowest BCUT2D eigenvalue weighted by Crippen LogP contribution is -2.20. The van der Waals surface area contributed by atoms with Crippen LogP contribution in [0.5, 0.6) is 5.75 Å². The van der Waals surface area contributed by atoms with E-state index in [4.69, 9.17) is 20.7 Å². The highest BCUT2D eigenvalue weighted by Gasteiger charge is 2.10. The summed E-state index contributed by atoms with van der Waals surface area (Å²) in [5, 5.41) is 11.0. The fourth-order valence-corrected chi connectivity index (χ4v) is 1.68. The van der Waals surface area contributed by atoms with Crippen LogP contribution < -0.4 is 15.5 Å². The Morgan fingerprint density at radius 2 is 2.30 bits per heavy atom. The Balaban J connectivity index is 2.47. The number of amides is 1. The maximum atomic E-state index is 11.9. The van der Waals surface area contributed by atoms with Crippen molar-refractivity contribution in [1.29, 1.82) is 0 Å². The first-order chi connectivity index (χ1) is 9.61. The van der Waals surface area contributed by atoms with Gasteiger partial charge in [-0.15, -0.1) is 6.42 Å². The SMILES string of the molecule is C#CCOc1cccc2c(=O)cc(CNC(=O)O)oc12. The van der Waals surface area contributed by atoms with Crippen LogP contribution >= 0.6 is 0 Å². The molecule has 0 spiro atoms. The number of nitrogens with one attached hydrogen (secondary N) is 1. The third kappa shape index (κ3) is 2.90. The number of carboxylic acid groups (broad SMARTS) is 1. The van der Waals surface area contributed by atoms with E-state index in [1.807, 2.05) is 0 Å². The number of para-hydroxylation sites is 1. The van der Waals surface area contributed by atoms with E-state index in [1.165, 1.54) is 6.07 Å². The molecule has 0 unspecified atom stereocenters. The maximum Gasteiger partial charge on any atom is 0.405 e. The quantitative estimate of drug-likeness (QED) is 0.825. The maximum absolute atomic E-state index is 11.9. The lowest BCUT2D eigenvalue weighted by atomic mass is 10.2. The standard InChI is InChI=1S/C14H11NO5/c1-2-6-19-12-5-3-4-10-11(16)7-9(20-13(10)12)8-15-14(17)18/h1,3-5,7,15H,6,8H2,(H,17,18). The van der Waals surface area contributed by atoms with E-state index in [-0.39, 0.29) is 29.9 Å². The van der Waals surface area contributed by atoms with Crippen molar-refractivity contribution in [3.05, 3.63) is 40.2 Å². The van der Waals surface area contributed by atoms with Gasteiger partial charge in [0.05, 0.1) is 11.9 Å².